The van der Waals surface area contributed by atoms with Crippen molar-refractivity contribution in [3.05, 3.63) is 29.6 Å². The first-order chi connectivity index (χ1) is 9.63. The second-order valence-electron chi connectivity index (χ2n) is 6.08. The number of likely N-dealkylation sites (tertiary alicyclic amines) is 1. The number of ether oxygens (including phenoxy) is 1. The molecule has 110 valence electrons. The molecule has 0 amide bonds. The van der Waals surface area contributed by atoms with E-state index in [0.29, 0.717) is 11.3 Å². The van der Waals surface area contributed by atoms with E-state index in [0.717, 1.165) is 32.5 Å². The molecule has 3 nitrogen and oxygen atoms in total. The lowest BCUT2D eigenvalue weighted by molar-refractivity contribution is 0.0675. The third-order valence-electron chi connectivity index (χ3n) is 4.15. The minimum atomic E-state index is -0.625. The fraction of sp³-hybridized carbons (Fsp3) is 0.625. The van der Waals surface area contributed by atoms with Crippen LogP contribution < -0.4 is 4.74 Å². The normalized spacial score (nSPS) is 22.1. The fourth-order valence-corrected chi connectivity index (χ4v) is 2.56. The van der Waals surface area contributed by atoms with Crippen LogP contribution in [-0.4, -0.2) is 35.7 Å². The van der Waals surface area contributed by atoms with Gasteiger partial charge in [-0.15, -0.1) is 0 Å². The van der Waals surface area contributed by atoms with Crippen LogP contribution in [0.1, 0.15) is 37.9 Å². The molecule has 1 saturated heterocycles. The number of hydrogen-bond donors (Lipinski definition) is 1. The molecule has 2 fully saturated rings. The number of rotatable bonds is 6. The molecule has 1 saturated carbocycles. The number of nitrogens with zero attached hydrogens (tertiary/aromatic N) is 1. The Morgan fingerprint density at radius 3 is 2.70 bits per heavy atom. The first kappa shape index (κ1) is 13.8. The summed E-state index contributed by atoms with van der Waals surface area (Å²) in [6, 6.07) is 4.83. The minimum absolute atomic E-state index is 0.102. The van der Waals surface area contributed by atoms with Crippen LogP contribution >= 0.6 is 0 Å². The zero-order chi connectivity index (χ0) is 14.1. The van der Waals surface area contributed by atoms with Crippen molar-refractivity contribution in [2.24, 2.45) is 5.92 Å². The topological polar surface area (TPSA) is 32.7 Å². The van der Waals surface area contributed by atoms with Crippen molar-refractivity contribution in [2.45, 2.75) is 38.4 Å². The van der Waals surface area contributed by atoms with E-state index in [9.17, 15) is 9.50 Å². The van der Waals surface area contributed by atoms with Gasteiger partial charge in [-0.25, -0.2) is 4.39 Å². The second-order valence-corrected chi connectivity index (χ2v) is 6.08. The van der Waals surface area contributed by atoms with Gasteiger partial charge in [0.05, 0.1) is 12.2 Å². The third kappa shape index (κ3) is 3.13. The Balaban J connectivity index is 1.63. The van der Waals surface area contributed by atoms with E-state index in [-0.39, 0.29) is 17.8 Å². The van der Waals surface area contributed by atoms with Gasteiger partial charge in [-0.05, 0) is 56.0 Å². The van der Waals surface area contributed by atoms with E-state index in [1.54, 1.807) is 12.1 Å². The smallest absolute Gasteiger partial charge is 0.165 e. The van der Waals surface area contributed by atoms with Gasteiger partial charge in [0, 0.05) is 6.54 Å². The van der Waals surface area contributed by atoms with Crippen LogP contribution in [0.2, 0.25) is 0 Å². The van der Waals surface area contributed by atoms with Crippen LogP contribution in [0.3, 0.4) is 0 Å². The zero-order valence-corrected chi connectivity index (χ0v) is 11.9. The molecule has 1 aliphatic heterocycles. The Morgan fingerprint density at radius 2 is 2.15 bits per heavy atom. The molecular weight excluding hydrogens is 257 g/mol. The van der Waals surface area contributed by atoms with Crippen molar-refractivity contribution < 1.29 is 14.2 Å². The van der Waals surface area contributed by atoms with Crippen molar-refractivity contribution >= 4 is 0 Å². The van der Waals surface area contributed by atoms with Gasteiger partial charge in [0.15, 0.2) is 11.6 Å². The van der Waals surface area contributed by atoms with E-state index in [2.05, 4.69) is 4.90 Å². The Bertz CT molecular complexity index is 472. The summed E-state index contributed by atoms with van der Waals surface area (Å²) in [6.07, 6.45) is 2.82. The Labute approximate surface area is 119 Å². The number of aliphatic hydroxyl groups excluding tert-OH is 1. The number of aliphatic hydroxyl groups is 1. The molecule has 1 aromatic rings. The van der Waals surface area contributed by atoms with Crippen LogP contribution in [0.4, 0.5) is 4.39 Å². The predicted octanol–water partition coefficient (Wildman–Crippen LogP) is 2.74. The summed E-state index contributed by atoms with van der Waals surface area (Å²) >= 11 is 0. The summed E-state index contributed by atoms with van der Waals surface area (Å²) in [4.78, 5) is 2.31. The van der Waals surface area contributed by atoms with Crippen molar-refractivity contribution in [2.75, 3.05) is 19.6 Å². The molecule has 0 aromatic heterocycles. The van der Waals surface area contributed by atoms with E-state index >= 15 is 0 Å². The number of halogens is 1. The molecule has 1 aliphatic carbocycles. The molecule has 0 bridgehead atoms. The summed E-state index contributed by atoms with van der Waals surface area (Å²) in [5.74, 6) is 0.0355. The SMILES string of the molecule is C[C@H](CN1CCC1)[C@H](O)c1ccc(OC2CC2)c(F)c1. The molecule has 2 aliphatic rings. The molecule has 1 aromatic carbocycles. The zero-order valence-electron chi connectivity index (χ0n) is 11.9. The van der Waals surface area contributed by atoms with Crippen LogP contribution in [0.5, 0.6) is 5.75 Å². The molecule has 0 spiro atoms. The quantitative estimate of drug-likeness (QED) is 0.869. The first-order valence-electron chi connectivity index (χ1n) is 7.50. The Morgan fingerprint density at radius 1 is 1.40 bits per heavy atom. The lowest BCUT2D eigenvalue weighted by Crippen LogP contribution is -2.41. The van der Waals surface area contributed by atoms with Crippen LogP contribution in [0.15, 0.2) is 18.2 Å². The highest BCUT2D eigenvalue weighted by molar-refractivity contribution is 5.31. The largest absolute Gasteiger partial charge is 0.487 e. The number of benzene rings is 1. The molecule has 1 heterocycles. The maximum atomic E-state index is 14.0. The van der Waals surface area contributed by atoms with Gasteiger partial charge in [-0.2, -0.15) is 0 Å². The molecule has 3 rings (SSSR count). The van der Waals surface area contributed by atoms with Crippen molar-refractivity contribution in [3.63, 3.8) is 0 Å². The highest BCUT2D eigenvalue weighted by atomic mass is 19.1. The highest BCUT2D eigenvalue weighted by Gasteiger charge is 2.26. The van der Waals surface area contributed by atoms with E-state index in [1.165, 1.54) is 12.5 Å². The van der Waals surface area contributed by atoms with E-state index in [4.69, 9.17) is 4.74 Å². The van der Waals surface area contributed by atoms with Crippen LogP contribution in [-0.2, 0) is 0 Å². The molecule has 20 heavy (non-hydrogen) atoms. The van der Waals surface area contributed by atoms with Gasteiger partial charge in [-0.1, -0.05) is 13.0 Å². The van der Waals surface area contributed by atoms with Crippen molar-refractivity contribution in [1.29, 1.82) is 0 Å². The fourth-order valence-electron chi connectivity index (χ4n) is 2.56. The standard InChI is InChI=1S/C16H22FNO2/c1-11(10-18-7-2-8-18)16(19)12-3-6-15(14(17)9-12)20-13-4-5-13/h3,6,9,11,13,16,19H,2,4-5,7-8,10H2,1H3/t11-,16+/m1/s1. The average Bonchev–Trinajstić information content (AvgIpc) is 3.19. The summed E-state index contributed by atoms with van der Waals surface area (Å²) in [5.41, 5.74) is 0.638. The third-order valence-corrected chi connectivity index (χ3v) is 4.15. The summed E-state index contributed by atoms with van der Waals surface area (Å²) < 4.78 is 19.4. The molecule has 0 radical (unpaired) electrons. The van der Waals surface area contributed by atoms with Crippen LogP contribution in [0, 0.1) is 11.7 Å². The van der Waals surface area contributed by atoms with Crippen molar-refractivity contribution in [3.8, 4) is 5.75 Å². The van der Waals surface area contributed by atoms with E-state index < -0.39 is 6.10 Å². The maximum Gasteiger partial charge on any atom is 0.165 e. The van der Waals surface area contributed by atoms with Gasteiger partial charge in [0.25, 0.3) is 0 Å². The molecular formula is C16H22FNO2. The Kier molecular flexibility index (Phi) is 3.94. The van der Waals surface area contributed by atoms with Gasteiger partial charge in [-0.3, -0.25) is 0 Å². The van der Waals surface area contributed by atoms with Gasteiger partial charge in [0.1, 0.15) is 0 Å². The second kappa shape index (κ2) is 5.70. The van der Waals surface area contributed by atoms with Gasteiger partial charge < -0.3 is 14.7 Å². The summed E-state index contributed by atoms with van der Waals surface area (Å²) in [7, 11) is 0. The van der Waals surface area contributed by atoms with Gasteiger partial charge >= 0.3 is 0 Å². The minimum Gasteiger partial charge on any atom is -0.487 e. The monoisotopic (exact) mass is 279 g/mol. The molecule has 0 unspecified atom stereocenters. The first-order valence-corrected chi connectivity index (χ1v) is 7.50. The predicted molar refractivity (Wildman–Crippen MR) is 75.2 cm³/mol. The summed E-state index contributed by atoms with van der Waals surface area (Å²) in [6.45, 7) is 5.10. The molecule has 4 heteroatoms. The van der Waals surface area contributed by atoms with Gasteiger partial charge in [0.2, 0.25) is 0 Å². The molecule has 1 N–H and O–H groups in total. The molecule has 2 atom stereocenters. The van der Waals surface area contributed by atoms with Crippen LogP contribution in [0.25, 0.3) is 0 Å². The Hall–Kier alpha value is -1.13. The van der Waals surface area contributed by atoms with E-state index in [1.807, 2.05) is 6.92 Å². The lowest BCUT2D eigenvalue weighted by atomic mass is 9.95. The number of hydrogen-bond acceptors (Lipinski definition) is 3. The lowest BCUT2D eigenvalue weighted by Gasteiger charge is -2.34. The average molecular weight is 279 g/mol. The maximum absolute atomic E-state index is 14.0. The van der Waals surface area contributed by atoms with Crippen molar-refractivity contribution in [1.82, 2.24) is 4.90 Å². The summed E-state index contributed by atoms with van der Waals surface area (Å²) in [5, 5.41) is 10.3. The highest BCUT2D eigenvalue weighted by Crippen LogP contribution is 2.31.